The van der Waals surface area contributed by atoms with Crippen LogP contribution in [0.3, 0.4) is 0 Å². The van der Waals surface area contributed by atoms with E-state index >= 15 is 0 Å². The Morgan fingerprint density at radius 1 is 1.16 bits per heavy atom. The average Bonchev–Trinajstić information content (AvgIpc) is 2.46. The van der Waals surface area contributed by atoms with E-state index in [2.05, 4.69) is 16.4 Å². The molecule has 0 radical (unpaired) electrons. The Balaban J connectivity index is 1.72. The van der Waals surface area contributed by atoms with E-state index in [0.717, 1.165) is 17.4 Å². The first-order valence-corrected chi connectivity index (χ1v) is 7.17. The van der Waals surface area contributed by atoms with Crippen LogP contribution in [0.1, 0.15) is 37.7 Å². The third-order valence-corrected chi connectivity index (χ3v) is 4.02. The van der Waals surface area contributed by atoms with E-state index in [-0.39, 0.29) is 5.43 Å². The first-order valence-electron chi connectivity index (χ1n) is 7.17. The zero-order valence-electron chi connectivity index (χ0n) is 11.1. The summed E-state index contributed by atoms with van der Waals surface area (Å²) in [5.74, 6) is 0. The number of H-pyrrole nitrogens is 1. The zero-order valence-corrected chi connectivity index (χ0v) is 11.1. The van der Waals surface area contributed by atoms with Gasteiger partial charge in [0.15, 0.2) is 5.43 Å². The van der Waals surface area contributed by atoms with Crippen molar-refractivity contribution in [1.29, 1.82) is 0 Å². The average molecular weight is 256 g/mol. The van der Waals surface area contributed by atoms with Gasteiger partial charge in [0.25, 0.3) is 0 Å². The maximum absolute atomic E-state index is 11.7. The molecule has 2 aromatic rings. The Labute approximate surface area is 113 Å². The summed E-state index contributed by atoms with van der Waals surface area (Å²) in [5.41, 5.74) is 2.25. The highest BCUT2D eigenvalue weighted by atomic mass is 16.1. The van der Waals surface area contributed by atoms with Gasteiger partial charge in [0.05, 0.1) is 0 Å². The summed E-state index contributed by atoms with van der Waals surface area (Å²) in [5, 5.41) is 4.39. The van der Waals surface area contributed by atoms with Crippen LogP contribution in [0.4, 0.5) is 0 Å². The van der Waals surface area contributed by atoms with E-state index in [1.54, 1.807) is 12.3 Å². The van der Waals surface area contributed by atoms with Crippen LogP contribution in [0.25, 0.3) is 10.9 Å². The molecular formula is C16H20N2O. The lowest BCUT2D eigenvalue weighted by atomic mass is 9.95. The topological polar surface area (TPSA) is 44.9 Å². The van der Waals surface area contributed by atoms with Gasteiger partial charge in [-0.1, -0.05) is 25.3 Å². The Kier molecular flexibility index (Phi) is 3.65. The SMILES string of the molecule is O=c1cc[nH]c2cc(CNC3CCCCC3)ccc12. The molecular weight excluding hydrogens is 236 g/mol. The van der Waals surface area contributed by atoms with Gasteiger partial charge >= 0.3 is 0 Å². The molecule has 0 atom stereocenters. The molecule has 100 valence electrons. The number of fused-ring (bicyclic) bond motifs is 1. The van der Waals surface area contributed by atoms with Crippen LogP contribution >= 0.6 is 0 Å². The van der Waals surface area contributed by atoms with Crippen LogP contribution in [0.2, 0.25) is 0 Å². The van der Waals surface area contributed by atoms with Gasteiger partial charge in [-0.05, 0) is 30.5 Å². The monoisotopic (exact) mass is 256 g/mol. The van der Waals surface area contributed by atoms with Gasteiger partial charge < -0.3 is 10.3 Å². The summed E-state index contributed by atoms with van der Waals surface area (Å²) >= 11 is 0. The molecule has 1 aromatic heterocycles. The van der Waals surface area contributed by atoms with Crippen molar-refractivity contribution in [2.45, 2.75) is 44.7 Å². The maximum atomic E-state index is 11.7. The first kappa shape index (κ1) is 12.4. The van der Waals surface area contributed by atoms with Crippen LogP contribution in [-0.2, 0) is 6.54 Å². The summed E-state index contributed by atoms with van der Waals surface area (Å²) in [6, 6.07) is 8.29. The Morgan fingerprint density at radius 3 is 2.84 bits per heavy atom. The lowest BCUT2D eigenvalue weighted by molar-refractivity contribution is 0.372. The van der Waals surface area contributed by atoms with Crippen molar-refractivity contribution >= 4 is 10.9 Å². The fourth-order valence-corrected chi connectivity index (χ4v) is 2.90. The number of hydrogen-bond acceptors (Lipinski definition) is 2. The molecule has 0 aliphatic heterocycles. The highest BCUT2D eigenvalue weighted by Crippen LogP contribution is 2.18. The summed E-state index contributed by atoms with van der Waals surface area (Å²) < 4.78 is 0. The first-order chi connectivity index (χ1) is 9.33. The molecule has 0 spiro atoms. The minimum atomic E-state index is 0.0838. The molecule has 3 nitrogen and oxygen atoms in total. The molecule has 1 aromatic carbocycles. The summed E-state index contributed by atoms with van der Waals surface area (Å²) in [6.07, 6.45) is 8.39. The fraction of sp³-hybridized carbons (Fsp3) is 0.438. The zero-order chi connectivity index (χ0) is 13.1. The quantitative estimate of drug-likeness (QED) is 0.886. The number of nitrogens with one attached hydrogen (secondary N) is 2. The van der Waals surface area contributed by atoms with Crippen molar-refractivity contribution in [1.82, 2.24) is 10.3 Å². The number of pyridine rings is 1. The molecule has 19 heavy (non-hydrogen) atoms. The van der Waals surface area contributed by atoms with Gasteiger partial charge in [-0.15, -0.1) is 0 Å². The smallest absolute Gasteiger partial charge is 0.189 e. The lowest BCUT2D eigenvalue weighted by Crippen LogP contribution is -2.30. The summed E-state index contributed by atoms with van der Waals surface area (Å²) in [4.78, 5) is 14.8. The minimum absolute atomic E-state index is 0.0838. The summed E-state index contributed by atoms with van der Waals surface area (Å²) in [7, 11) is 0. The predicted octanol–water partition coefficient (Wildman–Crippen LogP) is 2.95. The van der Waals surface area contributed by atoms with E-state index in [9.17, 15) is 4.79 Å². The third-order valence-electron chi connectivity index (χ3n) is 4.02. The van der Waals surface area contributed by atoms with Crippen molar-refractivity contribution in [3.63, 3.8) is 0 Å². The predicted molar refractivity (Wildman–Crippen MR) is 78.3 cm³/mol. The fourth-order valence-electron chi connectivity index (χ4n) is 2.90. The van der Waals surface area contributed by atoms with Crippen LogP contribution in [0.15, 0.2) is 35.3 Å². The minimum Gasteiger partial charge on any atom is -0.361 e. The van der Waals surface area contributed by atoms with Gasteiger partial charge in [0, 0.05) is 35.8 Å². The number of rotatable bonds is 3. The van der Waals surface area contributed by atoms with Crippen molar-refractivity contribution < 1.29 is 0 Å². The largest absolute Gasteiger partial charge is 0.361 e. The van der Waals surface area contributed by atoms with E-state index < -0.39 is 0 Å². The second-order valence-corrected chi connectivity index (χ2v) is 5.44. The molecule has 0 amide bonds. The lowest BCUT2D eigenvalue weighted by Gasteiger charge is -2.22. The molecule has 0 unspecified atom stereocenters. The molecule has 1 heterocycles. The van der Waals surface area contributed by atoms with Crippen molar-refractivity contribution in [3.8, 4) is 0 Å². The second kappa shape index (κ2) is 5.57. The van der Waals surface area contributed by atoms with Gasteiger partial charge in [0.1, 0.15) is 0 Å². The van der Waals surface area contributed by atoms with Crippen LogP contribution in [0, 0.1) is 0 Å². The molecule has 2 N–H and O–H groups in total. The number of aromatic nitrogens is 1. The molecule has 0 bridgehead atoms. The molecule has 1 aliphatic carbocycles. The van der Waals surface area contributed by atoms with E-state index in [0.29, 0.717) is 6.04 Å². The number of aromatic amines is 1. The van der Waals surface area contributed by atoms with Crippen molar-refractivity contribution in [3.05, 3.63) is 46.2 Å². The molecule has 1 fully saturated rings. The highest BCUT2D eigenvalue weighted by Gasteiger charge is 2.12. The van der Waals surface area contributed by atoms with Crippen molar-refractivity contribution in [2.75, 3.05) is 0 Å². The molecule has 1 saturated carbocycles. The maximum Gasteiger partial charge on any atom is 0.189 e. The Hall–Kier alpha value is -1.61. The molecule has 3 rings (SSSR count). The number of benzene rings is 1. The highest BCUT2D eigenvalue weighted by molar-refractivity contribution is 5.78. The van der Waals surface area contributed by atoms with Gasteiger partial charge in [-0.25, -0.2) is 0 Å². The second-order valence-electron chi connectivity index (χ2n) is 5.44. The molecule has 1 aliphatic rings. The van der Waals surface area contributed by atoms with E-state index in [1.165, 1.54) is 37.7 Å². The standard InChI is InChI=1S/C16H20N2O/c19-16-8-9-17-15-10-12(6-7-14(15)16)11-18-13-4-2-1-3-5-13/h6-10,13,18H,1-5,11H2,(H,17,19). The third kappa shape index (κ3) is 2.87. The van der Waals surface area contributed by atoms with E-state index in [4.69, 9.17) is 0 Å². The summed E-state index contributed by atoms with van der Waals surface area (Å²) in [6.45, 7) is 0.886. The Bertz CT molecular complexity index is 611. The molecule has 3 heteroatoms. The van der Waals surface area contributed by atoms with Gasteiger partial charge in [-0.3, -0.25) is 4.79 Å². The number of hydrogen-bond donors (Lipinski definition) is 2. The van der Waals surface area contributed by atoms with Crippen LogP contribution in [0.5, 0.6) is 0 Å². The van der Waals surface area contributed by atoms with Gasteiger partial charge in [-0.2, -0.15) is 0 Å². The van der Waals surface area contributed by atoms with Crippen LogP contribution < -0.4 is 10.7 Å². The molecule has 0 saturated heterocycles. The normalized spacial score (nSPS) is 16.8. The van der Waals surface area contributed by atoms with E-state index in [1.807, 2.05) is 12.1 Å². The Morgan fingerprint density at radius 2 is 2.00 bits per heavy atom. The van der Waals surface area contributed by atoms with Crippen LogP contribution in [-0.4, -0.2) is 11.0 Å². The van der Waals surface area contributed by atoms with Gasteiger partial charge in [0.2, 0.25) is 0 Å². The van der Waals surface area contributed by atoms with Crippen molar-refractivity contribution in [2.24, 2.45) is 0 Å².